The number of rotatable bonds is 4. The molecule has 0 saturated heterocycles. The molecule has 2 aromatic rings. The Labute approximate surface area is 123 Å². The van der Waals surface area contributed by atoms with Crippen LogP contribution in [0.3, 0.4) is 0 Å². The Morgan fingerprint density at radius 3 is 2.33 bits per heavy atom. The van der Waals surface area contributed by atoms with Crippen LogP contribution in [0.2, 0.25) is 0 Å². The zero-order valence-corrected chi connectivity index (χ0v) is 12.1. The van der Waals surface area contributed by atoms with Crippen molar-refractivity contribution in [2.75, 3.05) is 5.32 Å². The second kappa shape index (κ2) is 6.70. The molecule has 0 saturated carbocycles. The van der Waals surface area contributed by atoms with Gasteiger partial charge in [-0.15, -0.1) is 0 Å². The number of aryl methyl sites for hydroxylation is 1. The average molecular weight is 283 g/mol. The predicted molar refractivity (Wildman–Crippen MR) is 81.3 cm³/mol. The molecule has 0 aromatic heterocycles. The molecule has 0 aliphatic carbocycles. The van der Waals surface area contributed by atoms with Crippen molar-refractivity contribution in [1.82, 2.24) is 0 Å². The molecule has 0 bridgehead atoms. The molecular weight excluding hydrogens is 266 g/mol. The topological polar surface area (TPSA) is 55.4 Å². The molecule has 0 atom stereocenters. The monoisotopic (exact) mass is 283 g/mol. The average Bonchev–Trinajstić information content (AvgIpc) is 2.43. The number of ether oxygens (including phenoxy) is 1. The largest absolute Gasteiger partial charge is 0.426 e. The van der Waals surface area contributed by atoms with Crippen LogP contribution in [0.25, 0.3) is 0 Å². The van der Waals surface area contributed by atoms with Gasteiger partial charge in [0.05, 0.1) is 6.42 Å². The van der Waals surface area contributed by atoms with Crippen molar-refractivity contribution in [2.24, 2.45) is 0 Å². The van der Waals surface area contributed by atoms with Gasteiger partial charge in [-0.1, -0.05) is 24.3 Å². The highest BCUT2D eigenvalue weighted by atomic mass is 16.5. The molecule has 0 unspecified atom stereocenters. The number of anilines is 1. The number of hydrogen-bond donors (Lipinski definition) is 1. The van der Waals surface area contributed by atoms with Crippen molar-refractivity contribution in [3.05, 3.63) is 59.7 Å². The first-order valence-corrected chi connectivity index (χ1v) is 6.67. The molecule has 0 heterocycles. The van der Waals surface area contributed by atoms with Crippen LogP contribution in [0.5, 0.6) is 5.75 Å². The van der Waals surface area contributed by atoms with Gasteiger partial charge in [0, 0.05) is 12.6 Å². The molecule has 4 heteroatoms. The fourth-order valence-corrected chi connectivity index (χ4v) is 1.94. The van der Waals surface area contributed by atoms with Crippen LogP contribution in [-0.4, -0.2) is 11.9 Å². The summed E-state index contributed by atoms with van der Waals surface area (Å²) in [6.07, 6.45) is 0.236. The van der Waals surface area contributed by atoms with E-state index in [1.807, 2.05) is 31.2 Å². The molecule has 0 aliphatic heterocycles. The number of hydrogen-bond acceptors (Lipinski definition) is 3. The van der Waals surface area contributed by atoms with Crippen molar-refractivity contribution >= 4 is 17.6 Å². The van der Waals surface area contributed by atoms with Gasteiger partial charge in [0.2, 0.25) is 5.91 Å². The van der Waals surface area contributed by atoms with Crippen LogP contribution in [0.15, 0.2) is 48.5 Å². The van der Waals surface area contributed by atoms with Gasteiger partial charge in [0.25, 0.3) is 0 Å². The second-order valence-electron chi connectivity index (χ2n) is 4.78. The summed E-state index contributed by atoms with van der Waals surface area (Å²) in [6, 6.07) is 14.4. The van der Waals surface area contributed by atoms with Gasteiger partial charge in [-0.2, -0.15) is 0 Å². The minimum absolute atomic E-state index is 0.140. The van der Waals surface area contributed by atoms with Gasteiger partial charge in [-0.25, -0.2) is 0 Å². The van der Waals surface area contributed by atoms with Gasteiger partial charge < -0.3 is 10.1 Å². The zero-order chi connectivity index (χ0) is 15.2. The van der Waals surface area contributed by atoms with E-state index in [1.165, 1.54) is 6.92 Å². The number of nitrogens with one attached hydrogen (secondary N) is 1. The third-order valence-corrected chi connectivity index (χ3v) is 3.00. The van der Waals surface area contributed by atoms with E-state index in [9.17, 15) is 9.59 Å². The van der Waals surface area contributed by atoms with E-state index in [0.29, 0.717) is 11.4 Å². The van der Waals surface area contributed by atoms with Crippen molar-refractivity contribution in [2.45, 2.75) is 20.3 Å². The number of benzene rings is 2. The minimum atomic E-state index is -0.309. The maximum atomic E-state index is 11.9. The van der Waals surface area contributed by atoms with E-state index in [0.717, 1.165) is 11.1 Å². The maximum absolute atomic E-state index is 11.9. The van der Waals surface area contributed by atoms with Crippen molar-refractivity contribution in [1.29, 1.82) is 0 Å². The lowest BCUT2D eigenvalue weighted by Crippen LogP contribution is -2.12. The Morgan fingerprint density at radius 1 is 1.05 bits per heavy atom. The summed E-state index contributed by atoms with van der Waals surface area (Å²) in [7, 11) is 0. The molecule has 1 N–H and O–H groups in total. The first-order valence-electron chi connectivity index (χ1n) is 6.67. The molecule has 108 valence electrons. The molecule has 0 radical (unpaired) electrons. The van der Waals surface area contributed by atoms with Crippen molar-refractivity contribution in [3.8, 4) is 5.75 Å². The van der Waals surface area contributed by atoms with Gasteiger partial charge >= 0.3 is 5.97 Å². The Bertz CT molecular complexity index is 647. The summed E-state index contributed by atoms with van der Waals surface area (Å²) in [5, 5.41) is 2.65. The molecule has 0 fully saturated rings. The highest BCUT2D eigenvalue weighted by molar-refractivity contribution is 5.88. The summed E-state index contributed by atoms with van der Waals surface area (Å²) in [5.41, 5.74) is 2.69. The first-order chi connectivity index (χ1) is 10.0. The smallest absolute Gasteiger partial charge is 0.315 e. The van der Waals surface area contributed by atoms with Crippen molar-refractivity contribution < 1.29 is 14.3 Å². The number of carbonyl (C=O) groups excluding carboxylic acids is 2. The van der Waals surface area contributed by atoms with Crippen LogP contribution in [-0.2, 0) is 16.0 Å². The summed E-state index contributed by atoms with van der Waals surface area (Å²) < 4.78 is 5.28. The van der Waals surface area contributed by atoms with E-state index in [2.05, 4.69) is 5.32 Å². The van der Waals surface area contributed by atoms with Crippen LogP contribution in [0.1, 0.15) is 18.1 Å². The number of carbonyl (C=O) groups is 2. The van der Waals surface area contributed by atoms with Crippen LogP contribution < -0.4 is 10.1 Å². The Morgan fingerprint density at radius 2 is 1.71 bits per heavy atom. The lowest BCUT2D eigenvalue weighted by molar-refractivity contribution is -0.133. The van der Waals surface area contributed by atoms with Gasteiger partial charge in [-0.3, -0.25) is 9.59 Å². The van der Waals surface area contributed by atoms with Crippen LogP contribution >= 0.6 is 0 Å². The van der Waals surface area contributed by atoms with E-state index in [1.54, 1.807) is 24.3 Å². The summed E-state index contributed by atoms with van der Waals surface area (Å²) >= 11 is 0. The normalized spacial score (nSPS) is 10.0. The molecular formula is C17H17NO3. The van der Waals surface area contributed by atoms with Crippen LogP contribution in [0.4, 0.5) is 5.69 Å². The first kappa shape index (κ1) is 14.8. The zero-order valence-electron chi connectivity index (χ0n) is 12.1. The number of esters is 1. The van der Waals surface area contributed by atoms with Crippen molar-refractivity contribution in [3.63, 3.8) is 0 Å². The predicted octanol–water partition coefficient (Wildman–Crippen LogP) is 3.10. The third-order valence-electron chi connectivity index (χ3n) is 3.00. The molecule has 2 rings (SSSR count). The SMILES string of the molecule is CC(=O)Nc1ccc(OC(=O)Cc2ccccc2C)cc1. The molecule has 0 spiro atoms. The standard InChI is InChI=1S/C17H17NO3/c1-12-5-3-4-6-14(12)11-17(20)21-16-9-7-15(8-10-16)18-13(2)19/h3-10H,11H2,1-2H3,(H,18,19). The Hall–Kier alpha value is -2.62. The summed E-state index contributed by atoms with van der Waals surface area (Å²) in [4.78, 5) is 22.8. The second-order valence-corrected chi connectivity index (χ2v) is 4.78. The minimum Gasteiger partial charge on any atom is -0.426 e. The van der Waals surface area contributed by atoms with Gasteiger partial charge in [0.15, 0.2) is 0 Å². The highest BCUT2D eigenvalue weighted by Crippen LogP contribution is 2.17. The fraction of sp³-hybridized carbons (Fsp3) is 0.176. The molecule has 4 nitrogen and oxygen atoms in total. The quantitative estimate of drug-likeness (QED) is 0.693. The lowest BCUT2D eigenvalue weighted by Gasteiger charge is -2.07. The highest BCUT2D eigenvalue weighted by Gasteiger charge is 2.08. The summed E-state index contributed by atoms with van der Waals surface area (Å²) in [5.74, 6) is 0.0126. The lowest BCUT2D eigenvalue weighted by atomic mass is 10.1. The Kier molecular flexibility index (Phi) is 4.72. The molecule has 2 aromatic carbocycles. The van der Waals surface area contributed by atoms with E-state index >= 15 is 0 Å². The van der Waals surface area contributed by atoms with E-state index in [-0.39, 0.29) is 18.3 Å². The molecule has 21 heavy (non-hydrogen) atoms. The van der Waals surface area contributed by atoms with Gasteiger partial charge in [-0.05, 0) is 42.3 Å². The Balaban J connectivity index is 1.96. The summed E-state index contributed by atoms with van der Waals surface area (Å²) in [6.45, 7) is 3.40. The fourth-order valence-electron chi connectivity index (χ4n) is 1.94. The van der Waals surface area contributed by atoms with Gasteiger partial charge in [0.1, 0.15) is 5.75 Å². The van der Waals surface area contributed by atoms with E-state index in [4.69, 9.17) is 4.74 Å². The third kappa shape index (κ3) is 4.45. The number of amides is 1. The molecule has 1 amide bonds. The van der Waals surface area contributed by atoms with Crippen LogP contribution in [0, 0.1) is 6.92 Å². The van der Waals surface area contributed by atoms with E-state index < -0.39 is 0 Å². The molecule has 0 aliphatic rings. The maximum Gasteiger partial charge on any atom is 0.315 e.